The summed E-state index contributed by atoms with van der Waals surface area (Å²) in [6.07, 6.45) is 0. The van der Waals surface area contributed by atoms with Gasteiger partial charge in [0.2, 0.25) is 0 Å². The number of thiophene rings is 1. The van der Waals surface area contributed by atoms with Crippen molar-refractivity contribution in [3.63, 3.8) is 0 Å². The summed E-state index contributed by atoms with van der Waals surface area (Å²) in [4.78, 5) is 2.45. The summed E-state index contributed by atoms with van der Waals surface area (Å²) in [7, 11) is 0. The molecule has 0 aliphatic carbocycles. The van der Waals surface area contributed by atoms with Crippen LogP contribution in [0.25, 0.3) is 114 Å². The summed E-state index contributed by atoms with van der Waals surface area (Å²) in [6, 6.07) is 88.3. The third-order valence-electron chi connectivity index (χ3n) is 13.8. The van der Waals surface area contributed by atoms with Gasteiger partial charge in [-0.1, -0.05) is 164 Å². The number of aromatic nitrogens is 1. The molecular weight excluding hydrogens is 845 g/mol. The molecule has 0 unspecified atom stereocenters. The summed E-state index contributed by atoms with van der Waals surface area (Å²) in [5.74, 6) is 0. The van der Waals surface area contributed by atoms with Crippen LogP contribution < -0.4 is 4.90 Å². The van der Waals surface area contributed by atoms with Crippen LogP contribution in [0, 0.1) is 0 Å². The highest BCUT2D eigenvalue weighted by Crippen LogP contribution is 2.50. The van der Waals surface area contributed by atoms with Crippen molar-refractivity contribution in [1.82, 2.24) is 4.57 Å². The fourth-order valence-electron chi connectivity index (χ4n) is 10.7. The molecule has 3 heterocycles. The Morgan fingerprint density at radius 2 is 0.956 bits per heavy atom. The molecule has 0 aliphatic heterocycles. The maximum atomic E-state index is 7.12. The SMILES string of the molecule is c1cc(-c2ccc3sc4ccccc4c3c2)cc(N(c2cccc(-c3cccc4ccccc34)c2)c2ccc3c(oc4ccccc43)c2-c2ccccc2-n2c3ccccc3c3ccccc32)c1. The van der Waals surface area contributed by atoms with Crippen molar-refractivity contribution in [1.29, 1.82) is 0 Å². The highest BCUT2D eigenvalue weighted by Gasteiger charge is 2.26. The van der Waals surface area contributed by atoms with Gasteiger partial charge in [-0.05, 0) is 112 Å². The van der Waals surface area contributed by atoms with Gasteiger partial charge in [-0.15, -0.1) is 11.3 Å². The molecule has 4 heteroatoms. The molecular formula is C64H40N2OS. The van der Waals surface area contributed by atoms with Gasteiger partial charge in [0.1, 0.15) is 11.2 Å². The van der Waals surface area contributed by atoms with E-state index in [0.29, 0.717) is 0 Å². The van der Waals surface area contributed by atoms with E-state index in [4.69, 9.17) is 4.42 Å². The maximum Gasteiger partial charge on any atom is 0.145 e. The molecule has 0 spiro atoms. The van der Waals surface area contributed by atoms with E-state index < -0.39 is 0 Å². The number of furan rings is 1. The molecule has 0 fully saturated rings. The van der Waals surface area contributed by atoms with E-state index in [1.54, 1.807) is 0 Å². The van der Waals surface area contributed by atoms with Gasteiger partial charge in [-0.25, -0.2) is 0 Å². The van der Waals surface area contributed by atoms with Gasteiger partial charge in [0.15, 0.2) is 0 Å². The molecule has 68 heavy (non-hydrogen) atoms. The number of rotatable bonds is 7. The Morgan fingerprint density at radius 1 is 0.368 bits per heavy atom. The maximum absolute atomic E-state index is 7.12. The number of anilines is 3. The minimum Gasteiger partial charge on any atom is -0.455 e. The van der Waals surface area contributed by atoms with Crippen LogP contribution in [0.3, 0.4) is 0 Å². The molecule has 0 saturated heterocycles. The van der Waals surface area contributed by atoms with Crippen molar-refractivity contribution in [2.75, 3.05) is 4.90 Å². The summed E-state index contributed by atoms with van der Waals surface area (Å²) < 4.78 is 12.1. The molecule has 0 radical (unpaired) electrons. The number of fused-ring (bicyclic) bond motifs is 10. The summed E-state index contributed by atoms with van der Waals surface area (Å²) in [6.45, 7) is 0. The molecule has 0 bridgehead atoms. The zero-order chi connectivity index (χ0) is 44.7. The first-order chi connectivity index (χ1) is 33.7. The quantitative estimate of drug-likeness (QED) is 0.159. The first kappa shape index (κ1) is 38.6. The average Bonchev–Trinajstić information content (AvgIpc) is 4.08. The van der Waals surface area contributed by atoms with Crippen molar-refractivity contribution in [3.05, 3.63) is 243 Å². The molecule has 0 amide bonds. The Morgan fingerprint density at radius 3 is 1.78 bits per heavy atom. The van der Waals surface area contributed by atoms with Gasteiger partial charge < -0.3 is 13.9 Å². The van der Waals surface area contributed by atoms with Crippen LogP contribution in [0.4, 0.5) is 17.1 Å². The number of hydrogen-bond acceptors (Lipinski definition) is 3. The summed E-state index contributed by atoms with van der Waals surface area (Å²) >= 11 is 1.85. The molecule has 11 aromatic carbocycles. The number of benzene rings is 11. The lowest BCUT2D eigenvalue weighted by Gasteiger charge is -2.29. The average molecular weight is 885 g/mol. The normalized spacial score (nSPS) is 11.8. The summed E-state index contributed by atoms with van der Waals surface area (Å²) in [5, 5.41) is 9.62. The lowest BCUT2D eigenvalue weighted by Crippen LogP contribution is -2.12. The Labute approximate surface area is 396 Å². The molecule has 0 aliphatic rings. The van der Waals surface area contributed by atoms with Crippen molar-refractivity contribution < 1.29 is 4.42 Å². The van der Waals surface area contributed by atoms with E-state index in [9.17, 15) is 0 Å². The largest absolute Gasteiger partial charge is 0.455 e. The smallest absolute Gasteiger partial charge is 0.145 e. The van der Waals surface area contributed by atoms with Crippen molar-refractivity contribution in [2.45, 2.75) is 0 Å². The summed E-state index contributed by atoms with van der Waals surface area (Å²) in [5.41, 5.74) is 14.9. The van der Waals surface area contributed by atoms with Crippen LogP contribution in [0.1, 0.15) is 0 Å². The van der Waals surface area contributed by atoms with Crippen molar-refractivity contribution in [2.24, 2.45) is 0 Å². The van der Waals surface area contributed by atoms with Crippen LogP contribution in [0.5, 0.6) is 0 Å². The highest BCUT2D eigenvalue weighted by atomic mass is 32.1. The van der Waals surface area contributed by atoms with Crippen molar-refractivity contribution in [3.8, 4) is 39.1 Å². The van der Waals surface area contributed by atoms with Gasteiger partial charge in [0.05, 0.1) is 28.0 Å². The number of nitrogens with zero attached hydrogens (tertiary/aromatic N) is 2. The third-order valence-corrected chi connectivity index (χ3v) is 14.9. The van der Waals surface area contributed by atoms with Gasteiger partial charge in [-0.3, -0.25) is 0 Å². The Bertz CT molecular complexity index is 4240. The molecule has 3 aromatic heterocycles. The lowest BCUT2D eigenvalue weighted by atomic mass is 9.95. The Hall–Kier alpha value is -8.70. The minimum atomic E-state index is 0.845. The zero-order valence-electron chi connectivity index (χ0n) is 36.8. The van der Waals surface area contributed by atoms with E-state index in [1.807, 2.05) is 11.3 Å². The second-order valence-electron chi connectivity index (χ2n) is 17.6. The van der Waals surface area contributed by atoms with Crippen LogP contribution in [0.15, 0.2) is 247 Å². The topological polar surface area (TPSA) is 21.3 Å². The second kappa shape index (κ2) is 15.5. The van der Waals surface area contributed by atoms with Gasteiger partial charge in [0, 0.05) is 58.7 Å². The monoisotopic (exact) mass is 884 g/mol. The predicted octanol–water partition coefficient (Wildman–Crippen LogP) is 18.7. The first-order valence-corrected chi connectivity index (χ1v) is 24.0. The van der Waals surface area contributed by atoms with Gasteiger partial charge >= 0.3 is 0 Å². The van der Waals surface area contributed by atoms with Crippen molar-refractivity contribution >= 4 is 103 Å². The molecule has 14 rings (SSSR count). The molecule has 0 N–H and O–H groups in total. The van der Waals surface area contributed by atoms with E-state index in [2.05, 4.69) is 252 Å². The predicted molar refractivity (Wildman–Crippen MR) is 289 cm³/mol. The fourth-order valence-corrected chi connectivity index (χ4v) is 11.8. The van der Waals surface area contributed by atoms with E-state index in [0.717, 1.165) is 78.0 Å². The second-order valence-corrected chi connectivity index (χ2v) is 18.7. The van der Waals surface area contributed by atoms with Crippen LogP contribution in [-0.2, 0) is 0 Å². The van der Waals surface area contributed by atoms with E-state index in [1.165, 1.54) is 52.8 Å². The number of hydrogen-bond donors (Lipinski definition) is 0. The standard InChI is InChI=1S/C64H40N2OS/c1-2-22-47-41(16-1)17-15-28-48(47)44-19-14-21-46(39-44)65(45-20-13-18-42(38-45)43-34-37-62-55(40-43)52-26-7-12-33-61(52)68-62)59-36-35-53-51-25-6-11-32-60(51)67-64(53)63(59)54-27-5-10-31-58(54)66-56-29-8-3-23-49(56)50-24-4-9-30-57(50)66/h1-40H. The van der Waals surface area contributed by atoms with Crippen LogP contribution in [0.2, 0.25) is 0 Å². The first-order valence-electron chi connectivity index (χ1n) is 23.2. The number of para-hydroxylation sites is 4. The van der Waals surface area contributed by atoms with Gasteiger partial charge in [-0.2, -0.15) is 0 Å². The van der Waals surface area contributed by atoms with E-state index >= 15 is 0 Å². The molecule has 14 aromatic rings. The minimum absolute atomic E-state index is 0.845. The molecule has 0 saturated carbocycles. The molecule has 3 nitrogen and oxygen atoms in total. The fraction of sp³-hybridized carbons (Fsp3) is 0. The van der Waals surface area contributed by atoms with Crippen LogP contribution >= 0.6 is 11.3 Å². The zero-order valence-corrected chi connectivity index (χ0v) is 37.6. The molecule has 318 valence electrons. The van der Waals surface area contributed by atoms with Crippen LogP contribution in [-0.4, -0.2) is 4.57 Å². The Balaban J connectivity index is 1.06. The van der Waals surface area contributed by atoms with Gasteiger partial charge in [0.25, 0.3) is 0 Å². The van der Waals surface area contributed by atoms with E-state index in [-0.39, 0.29) is 0 Å². The Kier molecular flexibility index (Phi) is 8.76. The highest BCUT2D eigenvalue weighted by molar-refractivity contribution is 7.25. The lowest BCUT2D eigenvalue weighted by molar-refractivity contribution is 0.670. The molecule has 0 atom stereocenters. The third kappa shape index (κ3) is 6.05.